The molecule has 7 nitrogen and oxygen atoms in total. The van der Waals surface area contributed by atoms with E-state index in [1.165, 1.54) is 19.3 Å². The van der Waals surface area contributed by atoms with Crippen LogP contribution in [0.1, 0.15) is 56.6 Å². The zero-order valence-corrected chi connectivity index (χ0v) is 17.2. The predicted octanol–water partition coefficient (Wildman–Crippen LogP) is 3.16. The molecule has 2 aliphatic rings. The summed E-state index contributed by atoms with van der Waals surface area (Å²) in [4.78, 5) is 38.2. The number of carbonyl (C=O) groups excluding carboxylic acids is 3. The Labute approximate surface area is 175 Å². The first-order valence-corrected chi connectivity index (χ1v) is 10.6. The van der Waals surface area contributed by atoms with Gasteiger partial charge in [0.05, 0.1) is 12.5 Å². The molecule has 3 atom stereocenters. The van der Waals surface area contributed by atoms with Crippen LogP contribution in [0.2, 0.25) is 5.02 Å². The first-order chi connectivity index (χ1) is 13.9. The largest absolute Gasteiger partial charge is 0.455 e. The van der Waals surface area contributed by atoms with Gasteiger partial charge in [-0.2, -0.15) is 0 Å². The number of nitrogens with two attached hydrogens (primary N) is 1. The van der Waals surface area contributed by atoms with Crippen LogP contribution in [0.3, 0.4) is 0 Å². The number of esters is 1. The minimum atomic E-state index is -0.745. The van der Waals surface area contributed by atoms with E-state index in [-0.39, 0.29) is 25.0 Å². The van der Waals surface area contributed by atoms with Crippen LogP contribution < -0.4 is 11.1 Å². The van der Waals surface area contributed by atoms with E-state index in [9.17, 15) is 14.4 Å². The van der Waals surface area contributed by atoms with Crippen molar-refractivity contribution >= 4 is 29.5 Å². The van der Waals surface area contributed by atoms with Gasteiger partial charge in [-0.05, 0) is 49.3 Å². The van der Waals surface area contributed by atoms with Crippen LogP contribution >= 0.6 is 11.6 Å². The molecule has 2 fully saturated rings. The second kappa shape index (κ2) is 9.96. The van der Waals surface area contributed by atoms with E-state index < -0.39 is 18.0 Å². The molecular formula is C21H28ClN3O4. The van der Waals surface area contributed by atoms with Gasteiger partial charge in [0.15, 0.2) is 6.61 Å². The molecule has 29 heavy (non-hydrogen) atoms. The minimum Gasteiger partial charge on any atom is -0.455 e. The third-order valence-electron chi connectivity index (χ3n) is 5.88. The molecule has 0 spiro atoms. The normalized spacial score (nSPS) is 22.3. The number of urea groups is 1. The van der Waals surface area contributed by atoms with Gasteiger partial charge in [-0.3, -0.25) is 9.59 Å². The Hall–Kier alpha value is -2.28. The lowest BCUT2D eigenvalue weighted by Crippen LogP contribution is -2.50. The lowest BCUT2D eigenvalue weighted by Gasteiger charge is -2.44. The Balaban J connectivity index is 1.55. The van der Waals surface area contributed by atoms with Crippen LogP contribution in [0.5, 0.6) is 0 Å². The fourth-order valence-corrected chi connectivity index (χ4v) is 4.63. The maximum Gasteiger partial charge on any atom is 0.312 e. The number of nitrogens with one attached hydrogen (secondary N) is 1. The lowest BCUT2D eigenvalue weighted by molar-refractivity contribution is -0.155. The summed E-state index contributed by atoms with van der Waals surface area (Å²) in [6.07, 6.45) is 6.65. The summed E-state index contributed by atoms with van der Waals surface area (Å²) in [5.74, 6) is -0.128. The average Bonchev–Trinajstić information content (AvgIpc) is 2.71. The Morgan fingerprint density at radius 2 is 1.83 bits per heavy atom. The van der Waals surface area contributed by atoms with Gasteiger partial charge < -0.3 is 20.7 Å². The standard InChI is InChI=1S/C21H28ClN3O4/c22-16-9-7-14(8-10-16)17(24-21(23)28)12-20(27)29-13-19(26)25-11-3-5-15-4-1-2-6-18(15)25/h7-10,15,17-18H,1-6,11-13H2,(H3,23,24,28)/t15-,17+,18+/m1/s1. The third kappa shape index (κ3) is 5.85. The molecular weight excluding hydrogens is 394 g/mol. The van der Waals surface area contributed by atoms with Gasteiger partial charge in [-0.1, -0.05) is 36.6 Å². The van der Waals surface area contributed by atoms with Gasteiger partial charge in [-0.15, -0.1) is 0 Å². The smallest absolute Gasteiger partial charge is 0.312 e. The monoisotopic (exact) mass is 421 g/mol. The van der Waals surface area contributed by atoms with Crippen molar-refractivity contribution < 1.29 is 19.1 Å². The van der Waals surface area contributed by atoms with E-state index in [4.69, 9.17) is 22.1 Å². The van der Waals surface area contributed by atoms with Crippen molar-refractivity contribution in [1.82, 2.24) is 10.2 Å². The molecule has 1 aromatic rings. The molecule has 1 heterocycles. The molecule has 1 saturated carbocycles. The molecule has 1 aromatic carbocycles. The number of fused-ring (bicyclic) bond motifs is 1. The van der Waals surface area contributed by atoms with Crippen molar-refractivity contribution in [3.63, 3.8) is 0 Å². The van der Waals surface area contributed by atoms with E-state index in [0.29, 0.717) is 16.5 Å². The summed E-state index contributed by atoms with van der Waals surface area (Å²) >= 11 is 5.89. The number of likely N-dealkylation sites (tertiary alicyclic amines) is 1. The van der Waals surface area contributed by atoms with E-state index >= 15 is 0 Å². The number of carbonyl (C=O) groups is 3. The molecule has 3 amide bonds. The summed E-state index contributed by atoms with van der Waals surface area (Å²) in [5, 5.41) is 3.08. The molecule has 0 aromatic heterocycles. The first kappa shape index (κ1) is 21.4. The molecule has 0 unspecified atom stereocenters. The van der Waals surface area contributed by atoms with Crippen molar-refractivity contribution in [3.05, 3.63) is 34.9 Å². The van der Waals surface area contributed by atoms with Gasteiger partial charge in [0, 0.05) is 17.6 Å². The molecule has 3 N–H and O–H groups in total. The SMILES string of the molecule is NC(=O)N[C@@H](CC(=O)OCC(=O)N1CCC[C@H]2CCCC[C@@H]21)c1ccc(Cl)cc1. The van der Waals surface area contributed by atoms with E-state index in [1.54, 1.807) is 24.3 Å². The summed E-state index contributed by atoms with van der Waals surface area (Å²) < 4.78 is 5.25. The molecule has 1 aliphatic heterocycles. The van der Waals surface area contributed by atoms with Gasteiger partial charge in [0.2, 0.25) is 0 Å². The van der Waals surface area contributed by atoms with Gasteiger partial charge in [0.1, 0.15) is 0 Å². The first-order valence-electron chi connectivity index (χ1n) is 10.2. The maximum atomic E-state index is 12.7. The Morgan fingerprint density at radius 1 is 1.14 bits per heavy atom. The quantitative estimate of drug-likeness (QED) is 0.688. The van der Waals surface area contributed by atoms with Crippen LogP contribution in [0.4, 0.5) is 4.79 Å². The number of nitrogens with zero attached hydrogens (tertiary/aromatic N) is 1. The topological polar surface area (TPSA) is 102 Å². The van der Waals surface area contributed by atoms with Crippen LogP contribution in [0.15, 0.2) is 24.3 Å². The van der Waals surface area contributed by atoms with Gasteiger partial charge >= 0.3 is 12.0 Å². The predicted molar refractivity (Wildman–Crippen MR) is 109 cm³/mol. The number of primary amides is 1. The Morgan fingerprint density at radius 3 is 2.55 bits per heavy atom. The highest BCUT2D eigenvalue weighted by Gasteiger charge is 2.35. The molecule has 0 radical (unpaired) electrons. The Bertz CT molecular complexity index is 738. The number of halogens is 1. The van der Waals surface area contributed by atoms with Crippen molar-refractivity contribution in [2.24, 2.45) is 11.7 Å². The molecule has 1 aliphatic carbocycles. The van der Waals surface area contributed by atoms with Crippen molar-refractivity contribution in [1.29, 1.82) is 0 Å². The molecule has 8 heteroatoms. The molecule has 158 valence electrons. The Kier molecular flexibility index (Phi) is 7.36. The number of hydrogen-bond donors (Lipinski definition) is 2. The van der Waals surface area contributed by atoms with Crippen molar-refractivity contribution in [3.8, 4) is 0 Å². The number of hydrogen-bond acceptors (Lipinski definition) is 4. The van der Waals surface area contributed by atoms with Crippen molar-refractivity contribution in [2.45, 2.75) is 57.0 Å². The van der Waals surface area contributed by atoms with Gasteiger partial charge in [0.25, 0.3) is 5.91 Å². The fraction of sp³-hybridized carbons (Fsp3) is 0.571. The van der Waals surface area contributed by atoms with Crippen LogP contribution in [0, 0.1) is 5.92 Å². The second-order valence-electron chi connectivity index (χ2n) is 7.82. The van der Waals surface area contributed by atoms with Crippen LogP contribution in [-0.4, -0.2) is 42.0 Å². The zero-order valence-electron chi connectivity index (χ0n) is 16.4. The summed E-state index contributed by atoms with van der Waals surface area (Å²) in [7, 11) is 0. The number of benzene rings is 1. The third-order valence-corrected chi connectivity index (χ3v) is 6.13. The lowest BCUT2D eigenvalue weighted by atomic mass is 9.78. The highest BCUT2D eigenvalue weighted by atomic mass is 35.5. The summed E-state index contributed by atoms with van der Waals surface area (Å²) in [6, 6.07) is 5.63. The molecule has 1 saturated heterocycles. The molecule has 3 rings (SSSR count). The fourth-order valence-electron chi connectivity index (χ4n) is 4.50. The van der Waals surface area contributed by atoms with E-state index in [1.807, 2.05) is 4.90 Å². The maximum absolute atomic E-state index is 12.7. The minimum absolute atomic E-state index is 0.121. The second-order valence-corrected chi connectivity index (χ2v) is 8.26. The number of ether oxygens (including phenoxy) is 1. The number of amides is 3. The average molecular weight is 422 g/mol. The van der Waals surface area contributed by atoms with Crippen molar-refractivity contribution in [2.75, 3.05) is 13.2 Å². The summed E-state index contributed by atoms with van der Waals surface area (Å²) in [5.41, 5.74) is 5.91. The highest BCUT2D eigenvalue weighted by molar-refractivity contribution is 6.30. The number of rotatable bonds is 6. The van der Waals surface area contributed by atoms with E-state index in [2.05, 4.69) is 5.32 Å². The van der Waals surface area contributed by atoms with E-state index in [0.717, 1.165) is 25.8 Å². The highest BCUT2D eigenvalue weighted by Crippen LogP contribution is 2.35. The van der Waals surface area contributed by atoms with Crippen LogP contribution in [-0.2, 0) is 14.3 Å². The number of piperidine rings is 1. The van der Waals surface area contributed by atoms with Crippen LogP contribution in [0.25, 0.3) is 0 Å². The summed E-state index contributed by atoms with van der Waals surface area (Å²) in [6.45, 7) is 0.458. The van der Waals surface area contributed by atoms with Gasteiger partial charge in [-0.25, -0.2) is 4.79 Å². The molecule has 0 bridgehead atoms. The zero-order chi connectivity index (χ0) is 20.8.